The van der Waals surface area contributed by atoms with Gasteiger partial charge in [0.15, 0.2) is 0 Å². The molecule has 6 nitrogen and oxygen atoms in total. The molecule has 3 atom stereocenters. The molecule has 1 amide bonds. The van der Waals surface area contributed by atoms with Crippen molar-refractivity contribution in [2.24, 2.45) is 0 Å². The highest BCUT2D eigenvalue weighted by atomic mass is 19.4. The van der Waals surface area contributed by atoms with Crippen LogP contribution in [0.1, 0.15) is 18.4 Å². The van der Waals surface area contributed by atoms with Crippen molar-refractivity contribution in [3.8, 4) is 6.07 Å². The first-order valence-corrected chi connectivity index (χ1v) is 10.0. The molecule has 0 saturated carbocycles. The Labute approximate surface area is 176 Å². The number of rotatable bonds is 4. The number of fused-ring (bicyclic) bond motifs is 1. The smallest absolute Gasteiger partial charge is 0.381 e. The van der Waals surface area contributed by atoms with Crippen LogP contribution in [-0.4, -0.2) is 65.1 Å². The third kappa shape index (κ3) is 4.56. The van der Waals surface area contributed by atoms with Crippen LogP contribution in [0.25, 0.3) is 10.9 Å². The standard InChI is InChI=1S/C21H21F4N5O/c22-14-7-17(9-26)30(10-14)19(31)12-29-5-3-15(11-29)28-16-6-13-2-1-4-27-20(13)18(8-16)21(23,24)25/h1-2,4,6,8,14-15,17,28H,3,5,7,10-12H2/t14-,15+,17-/m0/s1. The Morgan fingerprint density at radius 2 is 2.13 bits per heavy atom. The van der Waals surface area contributed by atoms with E-state index in [1.54, 1.807) is 18.2 Å². The average molecular weight is 435 g/mol. The number of alkyl halides is 4. The van der Waals surface area contributed by atoms with Crippen LogP contribution in [0.15, 0.2) is 30.5 Å². The average Bonchev–Trinajstić information content (AvgIpc) is 3.32. The lowest BCUT2D eigenvalue weighted by atomic mass is 10.1. The minimum absolute atomic E-state index is 0.0325. The summed E-state index contributed by atoms with van der Waals surface area (Å²) in [5.41, 5.74) is -0.547. The molecule has 0 bridgehead atoms. The molecule has 2 aliphatic rings. The van der Waals surface area contributed by atoms with Gasteiger partial charge >= 0.3 is 6.18 Å². The molecule has 10 heteroatoms. The van der Waals surface area contributed by atoms with Gasteiger partial charge in [-0.15, -0.1) is 0 Å². The highest BCUT2D eigenvalue weighted by Crippen LogP contribution is 2.36. The fraction of sp³-hybridized carbons (Fsp3) is 0.476. The molecule has 1 aromatic carbocycles. The molecule has 4 rings (SSSR count). The quantitative estimate of drug-likeness (QED) is 0.747. The number of aromatic nitrogens is 1. The number of nitrogens with zero attached hydrogens (tertiary/aromatic N) is 4. The van der Waals surface area contributed by atoms with E-state index in [1.165, 1.54) is 11.1 Å². The van der Waals surface area contributed by atoms with E-state index >= 15 is 0 Å². The molecule has 2 saturated heterocycles. The molecule has 3 heterocycles. The first kappa shape index (κ1) is 21.3. The van der Waals surface area contributed by atoms with Crippen molar-refractivity contribution in [1.29, 1.82) is 5.26 Å². The maximum absolute atomic E-state index is 13.6. The number of likely N-dealkylation sites (tertiary alicyclic amines) is 2. The summed E-state index contributed by atoms with van der Waals surface area (Å²) in [6.07, 6.45) is -3.71. The highest BCUT2D eigenvalue weighted by Gasteiger charge is 2.37. The molecule has 0 spiro atoms. The third-order valence-electron chi connectivity index (χ3n) is 5.73. The van der Waals surface area contributed by atoms with Crippen LogP contribution in [0, 0.1) is 11.3 Å². The number of nitrogens with one attached hydrogen (secondary N) is 1. The van der Waals surface area contributed by atoms with E-state index in [9.17, 15) is 22.4 Å². The van der Waals surface area contributed by atoms with E-state index in [4.69, 9.17) is 5.26 Å². The maximum atomic E-state index is 13.6. The number of halogens is 4. The number of pyridine rings is 1. The largest absolute Gasteiger partial charge is 0.418 e. The van der Waals surface area contributed by atoms with Gasteiger partial charge in [0, 0.05) is 42.8 Å². The van der Waals surface area contributed by atoms with Crippen molar-refractivity contribution >= 4 is 22.5 Å². The zero-order valence-corrected chi connectivity index (χ0v) is 16.6. The predicted molar refractivity (Wildman–Crippen MR) is 106 cm³/mol. The molecule has 2 fully saturated rings. The Hall–Kier alpha value is -2.93. The number of anilines is 1. The first-order chi connectivity index (χ1) is 14.7. The molecular weight excluding hydrogens is 414 g/mol. The van der Waals surface area contributed by atoms with Gasteiger partial charge < -0.3 is 10.2 Å². The zero-order chi connectivity index (χ0) is 22.2. The van der Waals surface area contributed by atoms with Gasteiger partial charge in [0.25, 0.3) is 0 Å². The number of amides is 1. The van der Waals surface area contributed by atoms with Gasteiger partial charge in [-0.25, -0.2) is 4.39 Å². The Kier molecular flexibility index (Phi) is 5.71. The summed E-state index contributed by atoms with van der Waals surface area (Å²) in [5, 5.41) is 12.6. The van der Waals surface area contributed by atoms with Crippen LogP contribution in [0.3, 0.4) is 0 Å². The fourth-order valence-corrected chi connectivity index (χ4v) is 4.29. The van der Waals surface area contributed by atoms with Gasteiger partial charge in [-0.3, -0.25) is 14.7 Å². The van der Waals surface area contributed by atoms with Crippen LogP contribution in [0.2, 0.25) is 0 Å². The number of hydrogen-bond acceptors (Lipinski definition) is 5. The van der Waals surface area contributed by atoms with Crippen molar-refractivity contribution < 1.29 is 22.4 Å². The van der Waals surface area contributed by atoms with E-state index in [2.05, 4.69) is 10.3 Å². The van der Waals surface area contributed by atoms with Gasteiger partial charge in [-0.1, -0.05) is 6.07 Å². The second-order valence-electron chi connectivity index (χ2n) is 7.99. The fourth-order valence-electron chi connectivity index (χ4n) is 4.29. The first-order valence-electron chi connectivity index (χ1n) is 10.0. The summed E-state index contributed by atoms with van der Waals surface area (Å²) < 4.78 is 54.0. The van der Waals surface area contributed by atoms with Crippen LogP contribution >= 0.6 is 0 Å². The topological polar surface area (TPSA) is 72.3 Å². The van der Waals surface area contributed by atoms with Gasteiger partial charge in [0.05, 0.1) is 30.2 Å². The van der Waals surface area contributed by atoms with E-state index in [0.29, 0.717) is 30.6 Å². The monoisotopic (exact) mass is 435 g/mol. The summed E-state index contributed by atoms with van der Waals surface area (Å²) in [7, 11) is 0. The Bertz CT molecular complexity index is 1020. The third-order valence-corrected chi connectivity index (χ3v) is 5.73. The Balaban J connectivity index is 1.42. The molecule has 31 heavy (non-hydrogen) atoms. The zero-order valence-electron chi connectivity index (χ0n) is 16.6. The summed E-state index contributed by atoms with van der Waals surface area (Å²) in [4.78, 5) is 19.5. The molecule has 1 aromatic heterocycles. The summed E-state index contributed by atoms with van der Waals surface area (Å²) in [6, 6.07) is 6.95. The van der Waals surface area contributed by atoms with E-state index in [-0.39, 0.29) is 37.0 Å². The van der Waals surface area contributed by atoms with Gasteiger partial charge in [0.1, 0.15) is 12.2 Å². The van der Waals surface area contributed by atoms with Crippen LogP contribution < -0.4 is 5.32 Å². The summed E-state index contributed by atoms with van der Waals surface area (Å²) in [5.74, 6) is -0.302. The second-order valence-corrected chi connectivity index (χ2v) is 7.99. The van der Waals surface area contributed by atoms with Gasteiger partial charge in [-0.2, -0.15) is 18.4 Å². The van der Waals surface area contributed by atoms with Crippen molar-refractivity contribution in [2.45, 2.75) is 37.3 Å². The molecule has 0 unspecified atom stereocenters. The van der Waals surface area contributed by atoms with Gasteiger partial charge in [-0.05, 0) is 24.6 Å². The number of carbonyl (C=O) groups excluding carboxylic acids is 1. The van der Waals surface area contributed by atoms with Crippen LogP contribution in [0.4, 0.5) is 23.2 Å². The number of hydrogen-bond donors (Lipinski definition) is 1. The van der Waals surface area contributed by atoms with E-state index in [0.717, 1.165) is 6.07 Å². The Morgan fingerprint density at radius 1 is 1.32 bits per heavy atom. The van der Waals surface area contributed by atoms with E-state index in [1.807, 2.05) is 11.0 Å². The predicted octanol–water partition coefficient (Wildman–Crippen LogP) is 3.20. The summed E-state index contributed by atoms with van der Waals surface area (Å²) in [6.45, 7) is 1.02. The lowest BCUT2D eigenvalue weighted by molar-refractivity contribution is -0.136. The minimum Gasteiger partial charge on any atom is -0.381 e. The molecule has 0 aliphatic carbocycles. The van der Waals surface area contributed by atoms with Crippen LogP contribution in [-0.2, 0) is 11.0 Å². The SMILES string of the molecule is N#C[C@@H]1C[C@H](F)CN1C(=O)CN1CC[C@@H](Nc2cc(C(F)(F)F)c3ncccc3c2)C1. The number of carbonyl (C=O) groups is 1. The molecular formula is C21H21F4N5O. The summed E-state index contributed by atoms with van der Waals surface area (Å²) >= 11 is 0. The normalized spacial score (nSPS) is 24.5. The van der Waals surface area contributed by atoms with Crippen molar-refractivity contribution in [3.05, 3.63) is 36.0 Å². The van der Waals surface area contributed by atoms with Crippen molar-refractivity contribution in [2.75, 3.05) is 31.5 Å². The lowest BCUT2D eigenvalue weighted by Crippen LogP contribution is -2.42. The van der Waals surface area contributed by atoms with Crippen molar-refractivity contribution in [1.82, 2.24) is 14.8 Å². The highest BCUT2D eigenvalue weighted by molar-refractivity contribution is 5.86. The van der Waals surface area contributed by atoms with Crippen LogP contribution in [0.5, 0.6) is 0 Å². The second kappa shape index (κ2) is 8.30. The molecule has 0 radical (unpaired) electrons. The molecule has 164 valence electrons. The van der Waals surface area contributed by atoms with Gasteiger partial charge in [0.2, 0.25) is 5.91 Å². The van der Waals surface area contributed by atoms with E-state index < -0.39 is 24.0 Å². The minimum atomic E-state index is -4.53. The number of benzene rings is 1. The number of nitriles is 1. The molecule has 1 N–H and O–H groups in total. The Morgan fingerprint density at radius 3 is 2.87 bits per heavy atom. The molecule has 2 aliphatic heterocycles. The lowest BCUT2D eigenvalue weighted by Gasteiger charge is -2.23. The maximum Gasteiger partial charge on any atom is 0.418 e. The molecule has 2 aromatic rings. The van der Waals surface area contributed by atoms with Crippen molar-refractivity contribution in [3.63, 3.8) is 0 Å².